The predicted octanol–water partition coefficient (Wildman–Crippen LogP) is 0.897. The van der Waals surface area contributed by atoms with Crippen molar-refractivity contribution in [2.24, 2.45) is 5.92 Å². The molecule has 1 fully saturated rings. The van der Waals surface area contributed by atoms with Crippen molar-refractivity contribution >= 4 is 17.8 Å². The highest BCUT2D eigenvalue weighted by molar-refractivity contribution is 5.99. The minimum Gasteiger partial charge on any atom is -0.481 e. The van der Waals surface area contributed by atoms with Crippen molar-refractivity contribution in [3.05, 3.63) is 0 Å². The number of carbonyl (C=O) groups is 3. The molecule has 0 aromatic carbocycles. The monoisotopic (exact) mass is 243 g/mol. The molecule has 1 atom stereocenters. The third-order valence-electron chi connectivity index (χ3n) is 2.37. The van der Waals surface area contributed by atoms with Crippen LogP contribution in [-0.2, 0) is 14.3 Å². The Balaban J connectivity index is 2.65. The van der Waals surface area contributed by atoms with Gasteiger partial charge in [-0.05, 0) is 20.8 Å². The van der Waals surface area contributed by atoms with Gasteiger partial charge in [0.15, 0.2) is 5.78 Å². The number of piperidine rings is 1. The van der Waals surface area contributed by atoms with Gasteiger partial charge in [-0.25, -0.2) is 4.79 Å². The maximum Gasteiger partial charge on any atom is 0.410 e. The van der Waals surface area contributed by atoms with E-state index in [0.29, 0.717) is 0 Å². The van der Waals surface area contributed by atoms with Crippen LogP contribution >= 0.6 is 0 Å². The number of aliphatic carboxylic acids is 1. The fourth-order valence-corrected chi connectivity index (χ4v) is 1.54. The Morgan fingerprint density at radius 3 is 2.47 bits per heavy atom. The van der Waals surface area contributed by atoms with Crippen LogP contribution in [0.25, 0.3) is 0 Å². The number of hydrogen-bond acceptors (Lipinski definition) is 4. The van der Waals surface area contributed by atoms with Crippen molar-refractivity contribution < 1.29 is 24.2 Å². The molecule has 0 aromatic heterocycles. The SMILES string of the molecule is CC(C)(C)OC(=O)N1CCC(=O)C(C(=O)O)C1. The number of Topliss-reactive ketones (excluding diaryl/α,β-unsaturated/α-hetero) is 1. The van der Waals surface area contributed by atoms with Gasteiger partial charge in [0.2, 0.25) is 0 Å². The lowest BCUT2D eigenvalue weighted by atomic mass is 9.97. The summed E-state index contributed by atoms with van der Waals surface area (Å²) in [5, 5.41) is 8.84. The zero-order valence-electron chi connectivity index (χ0n) is 10.2. The van der Waals surface area contributed by atoms with Gasteiger partial charge in [0.25, 0.3) is 0 Å². The number of nitrogens with zero attached hydrogens (tertiary/aromatic N) is 1. The van der Waals surface area contributed by atoms with Crippen molar-refractivity contribution in [2.75, 3.05) is 13.1 Å². The second-order valence-electron chi connectivity index (χ2n) is 5.03. The molecule has 1 heterocycles. The molecular formula is C11H17NO5. The number of carboxylic acids is 1. The Morgan fingerprint density at radius 2 is 2.00 bits per heavy atom. The first-order valence-corrected chi connectivity index (χ1v) is 5.44. The Morgan fingerprint density at radius 1 is 1.41 bits per heavy atom. The van der Waals surface area contributed by atoms with E-state index < -0.39 is 23.6 Å². The molecule has 1 amide bonds. The van der Waals surface area contributed by atoms with Gasteiger partial charge in [0, 0.05) is 19.5 Å². The first kappa shape index (κ1) is 13.5. The zero-order valence-corrected chi connectivity index (χ0v) is 10.2. The summed E-state index contributed by atoms with van der Waals surface area (Å²) in [6.45, 7) is 5.30. The van der Waals surface area contributed by atoms with Crippen molar-refractivity contribution in [1.29, 1.82) is 0 Å². The maximum absolute atomic E-state index is 11.7. The van der Waals surface area contributed by atoms with Gasteiger partial charge < -0.3 is 14.7 Å². The van der Waals surface area contributed by atoms with Crippen LogP contribution in [0.4, 0.5) is 4.79 Å². The number of ketones is 1. The topological polar surface area (TPSA) is 83.9 Å². The Hall–Kier alpha value is -1.59. The van der Waals surface area contributed by atoms with Crippen LogP contribution in [0.1, 0.15) is 27.2 Å². The average molecular weight is 243 g/mol. The summed E-state index contributed by atoms with van der Waals surface area (Å²) >= 11 is 0. The molecule has 0 radical (unpaired) electrons. The zero-order chi connectivity index (χ0) is 13.2. The molecule has 0 bridgehead atoms. The van der Waals surface area contributed by atoms with Crippen LogP contribution in [-0.4, -0.2) is 46.5 Å². The third-order valence-corrected chi connectivity index (χ3v) is 2.37. The molecule has 0 spiro atoms. The second kappa shape index (κ2) is 4.73. The van der Waals surface area contributed by atoms with E-state index in [1.165, 1.54) is 4.90 Å². The standard InChI is InChI=1S/C11H17NO5/c1-11(2,3)17-10(16)12-5-4-8(13)7(6-12)9(14)15/h7H,4-6H2,1-3H3,(H,14,15). The van der Waals surface area contributed by atoms with E-state index in [9.17, 15) is 14.4 Å². The maximum atomic E-state index is 11.7. The summed E-state index contributed by atoms with van der Waals surface area (Å²) in [6, 6.07) is 0. The van der Waals surface area contributed by atoms with E-state index in [-0.39, 0.29) is 25.3 Å². The van der Waals surface area contributed by atoms with Gasteiger partial charge in [-0.2, -0.15) is 0 Å². The smallest absolute Gasteiger partial charge is 0.410 e. The molecule has 1 N–H and O–H groups in total. The molecule has 1 unspecified atom stereocenters. The van der Waals surface area contributed by atoms with Gasteiger partial charge in [0.05, 0.1) is 0 Å². The number of likely N-dealkylation sites (tertiary alicyclic amines) is 1. The first-order chi connectivity index (χ1) is 7.70. The molecule has 6 heteroatoms. The van der Waals surface area contributed by atoms with Gasteiger partial charge in [-0.1, -0.05) is 0 Å². The molecule has 1 aliphatic heterocycles. The molecule has 1 rings (SSSR count). The van der Waals surface area contributed by atoms with Crippen molar-refractivity contribution in [3.8, 4) is 0 Å². The van der Waals surface area contributed by atoms with E-state index in [0.717, 1.165) is 0 Å². The van der Waals surface area contributed by atoms with Crippen LogP contribution < -0.4 is 0 Å². The normalized spacial score (nSPS) is 21.2. The van der Waals surface area contributed by atoms with Crippen LogP contribution in [0.15, 0.2) is 0 Å². The highest BCUT2D eigenvalue weighted by Gasteiger charge is 2.36. The first-order valence-electron chi connectivity index (χ1n) is 5.44. The minimum atomic E-state index is -1.19. The van der Waals surface area contributed by atoms with Crippen molar-refractivity contribution in [1.82, 2.24) is 4.90 Å². The molecule has 0 aliphatic carbocycles. The van der Waals surface area contributed by atoms with Gasteiger partial charge in [-0.15, -0.1) is 0 Å². The summed E-state index contributed by atoms with van der Waals surface area (Å²) in [7, 11) is 0. The number of rotatable bonds is 1. The predicted molar refractivity (Wildman–Crippen MR) is 58.6 cm³/mol. The highest BCUT2D eigenvalue weighted by atomic mass is 16.6. The van der Waals surface area contributed by atoms with Crippen molar-refractivity contribution in [3.63, 3.8) is 0 Å². The van der Waals surface area contributed by atoms with Crippen molar-refractivity contribution in [2.45, 2.75) is 32.8 Å². The van der Waals surface area contributed by atoms with Crippen LogP contribution in [0, 0.1) is 5.92 Å². The van der Waals surface area contributed by atoms with Crippen LogP contribution in [0.3, 0.4) is 0 Å². The van der Waals surface area contributed by atoms with E-state index in [1.807, 2.05) is 0 Å². The van der Waals surface area contributed by atoms with Gasteiger partial charge in [0.1, 0.15) is 11.5 Å². The molecule has 96 valence electrons. The van der Waals surface area contributed by atoms with E-state index in [2.05, 4.69) is 0 Å². The molecule has 6 nitrogen and oxygen atoms in total. The number of carboxylic acid groups (broad SMARTS) is 1. The number of amides is 1. The second-order valence-corrected chi connectivity index (χ2v) is 5.03. The number of carbonyl (C=O) groups excluding carboxylic acids is 2. The summed E-state index contributed by atoms with van der Waals surface area (Å²) in [5.74, 6) is -2.66. The lowest BCUT2D eigenvalue weighted by Crippen LogP contribution is -2.48. The quantitative estimate of drug-likeness (QED) is 0.691. The van der Waals surface area contributed by atoms with Crippen LogP contribution in [0.2, 0.25) is 0 Å². The number of hydrogen-bond donors (Lipinski definition) is 1. The Labute approximate surface area is 99.5 Å². The molecule has 0 saturated carbocycles. The molecule has 0 aromatic rings. The summed E-state index contributed by atoms with van der Waals surface area (Å²) in [4.78, 5) is 35.1. The minimum absolute atomic E-state index is 0.0657. The average Bonchev–Trinajstić information content (AvgIpc) is 2.14. The number of ether oxygens (including phenoxy) is 1. The molecule has 1 saturated heterocycles. The largest absolute Gasteiger partial charge is 0.481 e. The lowest BCUT2D eigenvalue weighted by molar-refractivity contribution is -0.148. The molecular weight excluding hydrogens is 226 g/mol. The van der Waals surface area contributed by atoms with Gasteiger partial charge >= 0.3 is 12.1 Å². The Bertz CT molecular complexity index is 344. The summed E-state index contributed by atoms with van der Waals surface area (Å²) in [6.07, 6.45) is -0.507. The highest BCUT2D eigenvalue weighted by Crippen LogP contribution is 2.17. The Kier molecular flexibility index (Phi) is 3.75. The lowest BCUT2D eigenvalue weighted by Gasteiger charge is -2.31. The van der Waals surface area contributed by atoms with E-state index >= 15 is 0 Å². The summed E-state index contributed by atoms with van der Waals surface area (Å²) in [5.41, 5.74) is -0.628. The fourth-order valence-electron chi connectivity index (χ4n) is 1.54. The van der Waals surface area contributed by atoms with Crippen LogP contribution in [0.5, 0.6) is 0 Å². The van der Waals surface area contributed by atoms with E-state index in [4.69, 9.17) is 9.84 Å². The molecule has 17 heavy (non-hydrogen) atoms. The molecule has 1 aliphatic rings. The fraction of sp³-hybridized carbons (Fsp3) is 0.727. The van der Waals surface area contributed by atoms with Gasteiger partial charge in [-0.3, -0.25) is 9.59 Å². The summed E-state index contributed by atoms with van der Waals surface area (Å²) < 4.78 is 5.12. The third kappa shape index (κ3) is 3.72. The van der Waals surface area contributed by atoms with E-state index in [1.54, 1.807) is 20.8 Å².